The Morgan fingerprint density at radius 1 is 1.43 bits per heavy atom. The van der Waals surface area contributed by atoms with Crippen LogP contribution in [0.25, 0.3) is 0 Å². The molecule has 1 rings (SSSR count). The zero-order valence-electron chi connectivity index (χ0n) is 14.1. The first-order valence-electron chi connectivity index (χ1n) is 7.79. The van der Waals surface area contributed by atoms with Crippen molar-refractivity contribution in [1.29, 1.82) is 0 Å². The first-order chi connectivity index (χ1) is 9.78. The number of amides is 1. The number of rotatable bonds is 6. The number of nitrogens with one attached hydrogen (secondary N) is 1. The Kier molecular flexibility index (Phi) is 6.24. The number of imidazole rings is 1. The summed E-state index contributed by atoms with van der Waals surface area (Å²) in [4.78, 5) is 16.2. The average molecular weight is 295 g/mol. The maximum absolute atomic E-state index is 12.0. The van der Waals surface area contributed by atoms with E-state index in [1.54, 1.807) is 0 Å². The van der Waals surface area contributed by atoms with E-state index in [-0.39, 0.29) is 12.1 Å². The summed E-state index contributed by atoms with van der Waals surface area (Å²) in [5.41, 5.74) is 0.544. The number of carbonyl (C=O) groups is 1. The Balaban J connectivity index is 2.81. The molecule has 5 heteroatoms. The number of hydrogen-bond acceptors (Lipinski definition) is 3. The molecule has 0 aliphatic rings. The Morgan fingerprint density at radius 3 is 2.62 bits per heavy atom. The number of nitrogens with zero attached hydrogens (tertiary/aromatic N) is 2. The van der Waals surface area contributed by atoms with E-state index in [1.807, 2.05) is 40.2 Å². The smallest absolute Gasteiger partial charge is 0.408 e. The SMILES string of the molecule is CCCC(C)n1cncc1[C@@H](CC)NC(=O)OC(C)(C)C. The van der Waals surface area contributed by atoms with E-state index in [2.05, 4.69) is 28.7 Å². The molecule has 1 amide bonds. The maximum Gasteiger partial charge on any atom is 0.408 e. The average Bonchev–Trinajstić information content (AvgIpc) is 2.83. The normalized spacial score (nSPS) is 14.6. The molecule has 0 saturated heterocycles. The number of carbonyl (C=O) groups excluding carboxylic acids is 1. The van der Waals surface area contributed by atoms with E-state index in [0.29, 0.717) is 6.04 Å². The van der Waals surface area contributed by atoms with Crippen molar-refractivity contribution in [3.05, 3.63) is 18.2 Å². The number of hydrogen-bond donors (Lipinski definition) is 1. The summed E-state index contributed by atoms with van der Waals surface area (Å²) in [6.07, 6.45) is 6.29. The van der Waals surface area contributed by atoms with Crippen LogP contribution in [0, 0.1) is 0 Å². The summed E-state index contributed by atoms with van der Waals surface area (Å²) in [5.74, 6) is 0. The third-order valence-corrected chi connectivity index (χ3v) is 3.33. The predicted octanol–water partition coefficient (Wildman–Crippen LogP) is 4.22. The molecule has 120 valence electrons. The standard InChI is InChI=1S/C16H29N3O2/c1-7-9-12(3)19-11-17-10-14(19)13(8-2)18-15(20)21-16(4,5)6/h10-13H,7-9H2,1-6H3,(H,18,20)/t12?,13-/m1/s1. The minimum atomic E-state index is -0.488. The van der Waals surface area contributed by atoms with Gasteiger partial charge in [-0.1, -0.05) is 20.3 Å². The van der Waals surface area contributed by atoms with Crippen molar-refractivity contribution < 1.29 is 9.53 Å². The predicted molar refractivity (Wildman–Crippen MR) is 84.2 cm³/mol. The van der Waals surface area contributed by atoms with Crippen LogP contribution in [0.4, 0.5) is 4.79 Å². The van der Waals surface area contributed by atoms with Crippen LogP contribution in [-0.4, -0.2) is 21.2 Å². The first kappa shape index (κ1) is 17.5. The Morgan fingerprint density at radius 2 is 2.10 bits per heavy atom. The third kappa shape index (κ3) is 5.40. The van der Waals surface area contributed by atoms with Crippen LogP contribution in [0.3, 0.4) is 0 Å². The van der Waals surface area contributed by atoms with Gasteiger partial charge in [0.2, 0.25) is 0 Å². The van der Waals surface area contributed by atoms with Gasteiger partial charge in [-0.05, 0) is 40.5 Å². The van der Waals surface area contributed by atoms with Crippen molar-refractivity contribution in [3.63, 3.8) is 0 Å². The molecule has 0 radical (unpaired) electrons. The first-order valence-corrected chi connectivity index (χ1v) is 7.79. The fourth-order valence-corrected chi connectivity index (χ4v) is 2.34. The highest BCUT2D eigenvalue weighted by molar-refractivity contribution is 5.68. The lowest BCUT2D eigenvalue weighted by molar-refractivity contribution is 0.0499. The summed E-state index contributed by atoms with van der Waals surface area (Å²) >= 11 is 0. The summed E-state index contributed by atoms with van der Waals surface area (Å²) < 4.78 is 7.48. The zero-order chi connectivity index (χ0) is 16.0. The van der Waals surface area contributed by atoms with Gasteiger partial charge in [0.1, 0.15) is 5.60 Å². The van der Waals surface area contributed by atoms with Crippen LogP contribution < -0.4 is 5.32 Å². The fraction of sp³-hybridized carbons (Fsp3) is 0.750. The molecule has 1 aromatic rings. The number of aromatic nitrogens is 2. The molecule has 21 heavy (non-hydrogen) atoms. The zero-order valence-corrected chi connectivity index (χ0v) is 14.1. The minimum Gasteiger partial charge on any atom is -0.444 e. The summed E-state index contributed by atoms with van der Waals surface area (Å²) in [7, 11) is 0. The molecule has 0 bridgehead atoms. The lowest BCUT2D eigenvalue weighted by Crippen LogP contribution is -2.35. The molecule has 1 heterocycles. The van der Waals surface area contributed by atoms with Gasteiger partial charge in [-0.3, -0.25) is 0 Å². The molecule has 0 aliphatic heterocycles. The van der Waals surface area contributed by atoms with Crippen molar-refractivity contribution in [2.24, 2.45) is 0 Å². The van der Waals surface area contributed by atoms with Gasteiger partial charge in [0, 0.05) is 6.04 Å². The quantitative estimate of drug-likeness (QED) is 0.855. The van der Waals surface area contributed by atoms with Crippen molar-refractivity contribution in [3.8, 4) is 0 Å². The van der Waals surface area contributed by atoms with Gasteiger partial charge in [-0.25, -0.2) is 9.78 Å². The van der Waals surface area contributed by atoms with E-state index >= 15 is 0 Å². The second-order valence-corrected chi connectivity index (χ2v) is 6.47. The number of ether oxygens (including phenoxy) is 1. The number of alkyl carbamates (subject to hydrolysis) is 1. The largest absolute Gasteiger partial charge is 0.444 e. The molecule has 1 aromatic heterocycles. The molecule has 0 aliphatic carbocycles. The molecule has 5 nitrogen and oxygen atoms in total. The Hall–Kier alpha value is -1.52. The highest BCUT2D eigenvalue weighted by atomic mass is 16.6. The molecule has 2 atom stereocenters. The summed E-state index contributed by atoms with van der Waals surface area (Å²) in [5, 5.41) is 2.94. The molecule has 1 unspecified atom stereocenters. The van der Waals surface area contributed by atoms with Crippen LogP contribution in [0.1, 0.15) is 78.6 Å². The molecule has 0 aromatic carbocycles. The second-order valence-electron chi connectivity index (χ2n) is 6.47. The summed E-state index contributed by atoms with van der Waals surface area (Å²) in [6.45, 7) is 12.0. The van der Waals surface area contributed by atoms with E-state index in [4.69, 9.17) is 4.74 Å². The molecule has 0 fully saturated rings. The van der Waals surface area contributed by atoms with Crippen molar-refractivity contribution in [2.75, 3.05) is 0 Å². The van der Waals surface area contributed by atoms with Crippen LogP contribution in [0.15, 0.2) is 12.5 Å². The monoisotopic (exact) mass is 295 g/mol. The van der Waals surface area contributed by atoms with Gasteiger partial charge in [0.05, 0.1) is 24.3 Å². The molecular weight excluding hydrogens is 266 g/mol. The highest BCUT2D eigenvalue weighted by Crippen LogP contribution is 2.23. The van der Waals surface area contributed by atoms with E-state index in [9.17, 15) is 4.79 Å². The fourth-order valence-electron chi connectivity index (χ4n) is 2.34. The van der Waals surface area contributed by atoms with Crippen LogP contribution >= 0.6 is 0 Å². The van der Waals surface area contributed by atoms with E-state index in [0.717, 1.165) is 25.0 Å². The molecule has 0 saturated carbocycles. The molecule has 0 spiro atoms. The van der Waals surface area contributed by atoms with Gasteiger partial charge < -0.3 is 14.6 Å². The van der Waals surface area contributed by atoms with E-state index in [1.165, 1.54) is 0 Å². The van der Waals surface area contributed by atoms with Crippen molar-refractivity contribution in [1.82, 2.24) is 14.9 Å². The Labute approximate surface area is 128 Å². The van der Waals surface area contributed by atoms with Crippen LogP contribution in [0.5, 0.6) is 0 Å². The van der Waals surface area contributed by atoms with Crippen LogP contribution in [-0.2, 0) is 4.74 Å². The van der Waals surface area contributed by atoms with Gasteiger partial charge in [-0.15, -0.1) is 0 Å². The van der Waals surface area contributed by atoms with Gasteiger partial charge >= 0.3 is 6.09 Å². The minimum absolute atomic E-state index is 0.0818. The van der Waals surface area contributed by atoms with Gasteiger partial charge in [-0.2, -0.15) is 0 Å². The van der Waals surface area contributed by atoms with Crippen LogP contribution in [0.2, 0.25) is 0 Å². The van der Waals surface area contributed by atoms with Crippen molar-refractivity contribution >= 4 is 6.09 Å². The highest BCUT2D eigenvalue weighted by Gasteiger charge is 2.22. The third-order valence-electron chi connectivity index (χ3n) is 3.33. The lowest BCUT2D eigenvalue weighted by Gasteiger charge is -2.25. The topological polar surface area (TPSA) is 56.2 Å². The molecular formula is C16H29N3O2. The van der Waals surface area contributed by atoms with Gasteiger partial charge in [0.15, 0.2) is 0 Å². The maximum atomic E-state index is 12.0. The molecule has 1 N–H and O–H groups in total. The van der Waals surface area contributed by atoms with E-state index < -0.39 is 5.60 Å². The van der Waals surface area contributed by atoms with Gasteiger partial charge in [0.25, 0.3) is 0 Å². The lowest BCUT2D eigenvalue weighted by atomic mass is 10.1. The Bertz CT molecular complexity index is 449. The second kappa shape index (κ2) is 7.48. The summed E-state index contributed by atoms with van der Waals surface area (Å²) in [6, 6.07) is 0.295. The van der Waals surface area contributed by atoms with Crippen molar-refractivity contribution in [2.45, 2.75) is 78.5 Å².